The third-order valence-corrected chi connectivity index (χ3v) is 3.97. The second-order valence-corrected chi connectivity index (χ2v) is 5.04. The molecule has 0 radical (unpaired) electrons. The summed E-state index contributed by atoms with van der Waals surface area (Å²) in [7, 11) is 0. The highest BCUT2D eigenvalue weighted by atomic mass is 35.5. The van der Waals surface area contributed by atoms with E-state index in [1.54, 1.807) is 4.90 Å². The molecule has 2 saturated heterocycles. The number of rotatable bonds is 2. The number of hydrogen-bond donors (Lipinski definition) is 1. The van der Waals surface area contributed by atoms with Crippen molar-refractivity contribution in [1.82, 2.24) is 10.2 Å². The first-order valence-electron chi connectivity index (χ1n) is 5.82. The number of nitrogens with zero attached hydrogens (tertiary/aromatic N) is 1. The van der Waals surface area contributed by atoms with Crippen LogP contribution in [0.5, 0.6) is 0 Å². The van der Waals surface area contributed by atoms with Crippen LogP contribution in [0.4, 0.5) is 0 Å². The molecule has 0 aromatic heterocycles. The Hall–Kier alpha value is -1.10. The highest BCUT2D eigenvalue weighted by molar-refractivity contribution is 6.30. The summed E-state index contributed by atoms with van der Waals surface area (Å²) in [6, 6.07) is 0. The summed E-state index contributed by atoms with van der Waals surface area (Å²) in [5.74, 6) is -1.26. The number of likely N-dealkylation sites (tertiary alicyclic amines) is 1. The van der Waals surface area contributed by atoms with Crippen LogP contribution >= 0.6 is 11.6 Å². The maximum Gasteiger partial charge on any atom is 0.240 e. The van der Waals surface area contributed by atoms with E-state index in [0.717, 1.165) is 0 Å². The number of carbonyl (C=O) groups excluding carboxylic acids is 3. The van der Waals surface area contributed by atoms with Gasteiger partial charge in [0.05, 0.1) is 11.8 Å². The van der Waals surface area contributed by atoms with Crippen LogP contribution < -0.4 is 5.32 Å². The van der Waals surface area contributed by atoms with Crippen molar-refractivity contribution in [1.29, 1.82) is 0 Å². The summed E-state index contributed by atoms with van der Waals surface area (Å²) in [6.07, 6.45) is 1.11. The molecule has 0 unspecified atom stereocenters. The van der Waals surface area contributed by atoms with Gasteiger partial charge in [-0.15, -0.1) is 11.6 Å². The number of halogens is 1. The van der Waals surface area contributed by atoms with Crippen molar-refractivity contribution in [3.63, 3.8) is 0 Å². The van der Waals surface area contributed by atoms with Gasteiger partial charge in [0.25, 0.3) is 0 Å². The van der Waals surface area contributed by atoms with Crippen LogP contribution in [0.15, 0.2) is 0 Å². The Balaban J connectivity index is 2.05. The van der Waals surface area contributed by atoms with Gasteiger partial charge in [0.1, 0.15) is 5.38 Å². The van der Waals surface area contributed by atoms with E-state index in [-0.39, 0.29) is 29.6 Å². The molecule has 94 valence electrons. The summed E-state index contributed by atoms with van der Waals surface area (Å²) < 4.78 is 0. The third-order valence-electron chi connectivity index (χ3n) is 3.47. The molecule has 0 aromatic rings. The van der Waals surface area contributed by atoms with E-state index >= 15 is 0 Å². The van der Waals surface area contributed by atoms with Crippen molar-refractivity contribution in [3.8, 4) is 0 Å². The van der Waals surface area contributed by atoms with Crippen LogP contribution in [0.3, 0.4) is 0 Å². The molecule has 0 bridgehead atoms. The van der Waals surface area contributed by atoms with Gasteiger partial charge in [-0.25, -0.2) is 0 Å². The molecule has 3 atom stereocenters. The molecule has 3 amide bonds. The van der Waals surface area contributed by atoms with E-state index in [4.69, 9.17) is 11.6 Å². The first-order valence-corrected chi connectivity index (χ1v) is 6.25. The second kappa shape index (κ2) is 4.64. The van der Waals surface area contributed by atoms with Crippen molar-refractivity contribution < 1.29 is 14.4 Å². The lowest BCUT2D eigenvalue weighted by Gasteiger charge is -2.33. The zero-order valence-electron chi connectivity index (χ0n) is 9.61. The van der Waals surface area contributed by atoms with Crippen LogP contribution in [0.2, 0.25) is 0 Å². The van der Waals surface area contributed by atoms with Gasteiger partial charge in [0.2, 0.25) is 17.7 Å². The molecule has 0 aliphatic carbocycles. The summed E-state index contributed by atoms with van der Waals surface area (Å²) in [5, 5.41) is 1.78. The Morgan fingerprint density at radius 2 is 2.12 bits per heavy atom. The first kappa shape index (κ1) is 12.4. The van der Waals surface area contributed by atoms with Crippen molar-refractivity contribution >= 4 is 29.3 Å². The van der Waals surface area contributed by atoms with Gasteiger partial charge in [-0.05, 0) is 12.8 Å². The van der Waals surface area contributed by atoms with Crippen molar-refractivity contribution in [3.05, 3.63) is 0 Å². The highest BCUT2D eigenvalue weighted by Crippen LogP contribution is 2.29. The molecule has 17 heavy (non-hydrogen) atoms. The average Bonchev–Trinajstić information content (AvgIpc) is 2.62. The van der Waals surface area contributed by atoms with Crippen LogP contribution in [0, 0.1) is 11.8 Å². The fraction of sp³-hybridized carbons (Fsp3) is 0.727. The summed E-state index contributed by atoms with van der Waals surface area (Å²) in [5.41, 5.74) is 0. The predicted molar refractivity (Wildman–Crippen MR) is 61.3 cm³/mol. The largest absolute Gasteiger partial charge is 0.341 e. The molecule has 2 heterocycles. The second-order valence-electron chi connectivity index (χ2n) is 4.52. The van der Waals surface area contributed by atoms with Gasteiger partial charge in [-0.3, -0.25) is 19.7 Å². The quantitative estimate of drug-likeness (QED) is 0.565. The molecular weight excluding hydrogens is 244 g/mol. The number of amides is 3. The van der Waals surface area contributed by atoms with Gasteiger partial charge in [0, 0.05) is 13.1 Å². The maximum atomic E-state index is 11.9. The summed E-state index contributed by atoms with van der Waals surface area (Å²) >= 11 is 5.90. The lowest BCUT2D eigenvalue weighted by Crippen LogP contribution is -2.47. The number of hydrogen-bond acceptors (Lipinski definition) is 3. The molecule has 0 aromatic carbocycles. The van der Waals surface area contributed by atoms with Crippen molar-refractivity contribution in [2.75, 3.05) is 13.1 Å². The molecule has 5 nitrogen and oxygen atoms in total. The van der Waals surface area contributed by atoms with E-state index in [9.17, 15) is 14.4 Å². The molecule has 0 spiro atoms. The standard InChI is InChI=1S/C11H15ClN2O3/c1-2-8(12)11(17)14-4-3-6-7(5-14)10(16)13-9(6)15/h6-8H,2-5H2,1H3,(H,13,15,16)/t6-,7+,8-/m0/s1. The van der Waals surface area contributed by atoms with Gasteiger partial charge >= 0.3 is 0 Å². The van der Waals surface area contributed by atoms with Crippen LogP contribution in [-0.4, -0.2) is 41.1 Å². The normalized spacial score (nSPS) is 29.9. The van der Waals surface area contributed by atoms with Gasteiger partial charge in [0.15, 0.2) is 0 Å². The Morgan fingerprint density at radius 1 is 1.47 bits per heavy atom. The number of nitrogens with one attached hydrogen (secondary N) is 1. The summed E-state index contributed by atoms with van der Waals surface area (Å²) in [4.78, 5) is 36.4. The molecule has 2 fully saturated rings. The lowest BCUT2D eigenvalue weighted by molar-refractivity contribution is -0.136. The minimum Gasteiger partial charge on any atom is -0.341 e. The molecule has 2 aliphatic rings. The Labute approximate surface area is 104 Å². The summed E-state index contributed by atoms with van der Waals surface area (Å²) in [6.45, 7) is 2.66. The van der Waals surface area contributed by atoms with Gasteiger partial charge < -0.3 is 4.90 Å². The molecular formula is C11H15ClN2O3. The average molecular weight is 259 g/mol. The third kappa shape index (κ3) is 2.16. The van der Waals surface area contributed by atoms with Crippen LogP contribution in [0.25, 0.3) is 0 Å². The van der Waals surface area contributed by atoms with Crippen molar-refractivity contribution in [2.24, 2.45) is 11.8 Å². The topological polar surface area (TPSA) is 66.5 Å². The SMILES string of the molecule is CC[C@H](Cl)C(=O)N1CC[C@@H]2C(=O)NC(=O)[C@@H]2C1. The lowest BCUT2D eigenvalue weighted by atomic mass is 9.87. The smallest absolute Gasteiger partial charge is 0.240 e. The zero-order chi connectivity index (χ0) is 12.6. The number of piperidine rings is 1. The predicted octanol–water partition coefficient (Wildman–Crippen LogP) is 0.125. The molecule has 2 rings (SSSR count). The molecule has 6 heteroatoms. The minimum atomic E-state index is -0.535. The monoisotopic (exact) mass is 258 g/mol. The maximum absolute atomic E-state index is 11.9. The van der Waals surface area contributed by atoms with Crippen LogP contribution in [0.1, 0.15) is 19.8 Å². The van der Waals surface area contributed by atoms with Gasteiger partial charge in [-0.2, -0.15) is 0 Å². The van der Waals surface area contributed by atoms with E-state index < -0.39 is 5.38 Å². The molecule has 0 saturated carbocycles. The van der Waals surface area contributed by atoms with Crippen molar-refractivity contribution in [2.45, 2.75) is 25.1 Å². The fourth-order valence-electron chi connectivity index (χ4n) is 2.41. The Morgan fingerprint density at radius 3 is 2.76 bits per heavy atom. The Bertz CT molecular complexity index is 372. The van der Waals surface area contributed by atoms with Crippen LogP contribution in [-0.2, 0) is 14.4 Å². The number of fused-ring (bicyclic) bond motifs is 1. The van der Waals surface area contributed by atoms with E-state index in [1.165, 1.54) is 0 Å². The van der Waals surface area contributed by atoms with Gasteiger partial charge in [-0.1, -0.05) is 6.92 Å². The number of alkyl halides is 1. The fourth-order valence-corrected chi connectivity index (χ4v) is 2.55. The molecule has 2 aliphatic heterocycles. The number of imide groups is 1. The minimum absolute atomic E-state index is 0.139. The number of carbonyl (C=O) groups is 3. The first-order chi connectivity index (χ1) is 8.04. The Kier molecular flexibility index (Phi) is 3.38. The highest BCUT2D eigenvalue weighted by Gasteiger charge is 2.45. The van der Waals surface area contributed by atoms with E-state index in [0.29, 0.717) is 25.9 Å². The zero-order valence-corrected chi connectivity index (χ0v) is 10.4. The molecule has 1 N–H and O–H groups in total. The van der Waals surface area contributed by atoms with E-state index in [2.05, 4.69) is 5.32 Å². The van der Waals surface area contributed by atoms with E-state index in [1.807, 2.05) is 6.92 Å².